The SMILES string of the molecule is CNCc1cccc(OCCOc2ccc(Cl)c(F)c2)c1. The van der Waals surface area contributed by atoms with Gasteiger partial charge in [0.2, 0.25) is 0 Å². The van der Waals surface area contributed by atoms with E-state index in [1.54, 1.807) is 6.07 Å². The lowest BCUT2D eigenvalue weighted by atomic mass is 10.2. The van der Waals surface area contributed by atoms with Crippen molar-refractivity contribution in [3.05, 3.63) is 58.9 Å². The van der Waals surface area contributed by atoms with Gasteiger partial charge in [0.25, 0.3) is 0 Å². The molecule has 3 nitrogen and oxygen atoms in total. The summed E-state index contributed by atoms with van der Waals surface area (Å²) in [7, 11) is 1.90. The molecule has 2 rings (SSSR count). The van der Waals surface area contributed by atoms with Gasteiger partial charge in [-0.25, -0.2) is 4.39 Å². The lowest BCUT2D eigenvalue weighted by Crippen LogP contribution is -2.10. The van der Waals surface area contributed by atoms with Gasteiger partial charge in [0, 0.05) is 12.6 Å². The van der Waals surface area contributed by atoms with Gasteiger partial charge in [-0.2, -0.15) is 0 Å². The van der Waals surface area contributed by atoms with Crippen LogP contribution in [0.3, 0.4) is 0 Å². The minimum absolute atomic E-state index is 0.0833. The third-order valence-corrected chi connectivity index (χ3v) is 3.10. The summed E-state index contributed by atoms with van der Waals surface area (Å²) in [5.41, 5.74) is 1.15. The minimum Gasteiger partial charge on any atom is -0.490 e. The molecule has 21 heavy (non-hydrogen) atoms. The number of ether oxygens (including phenoxy) is 2. The lowest BCUT2D eigenvalue weighted by molar-refractivity contribution is 0.216. The zero-order chi connectivity index (χ0) is 15.1. The van der Waals surface area contributed by atoms with Crippen LogP contribution in [-0.2, 0) is 6.54 Å². The normalized spacial score (nSPS) is 10.4. The predicted molar refractivity (Wildman–Crippen MR) is 81.6 cm³/mol. The molecule has 112 valence electrons. The highest BCUT2D eigenvalue weighted by molar-refractivity contribution is 6.30. The number of halogens is 2. The number of benzene rings is 2. The van der Waals surface area contributed by atoms with E-state index in [0.29, 0.717) is 19.0 Å². The standard InChI is InChI=1S/C16H17ClFNO2/c1-19-11-12-3-2-4-13(9-12)20-7-8-21-14-5-6-15(17)16(18)10-14/h2-6,9-10,19H,7-8,11H2,1H3. The zero-order valence-corrected chi connectivity index (χ0v) is 12.5. The number of hydrogen-bond acceptors (Lipinski definition) is 3. The highest BCUT2D eigenvalue weighted by atomic mass is 35.5. The Morgan fingerprint density at radius 1 is 1.05 bits per heavy atom. The van der Waals surface area contributed by atoms with E-state index in [4.69, 9.17) is 21.1 Å². The van der Waals surface area contributed by atoms with Crippen molar-refractivity contribution in [1.82, 2.24) is 5.32 Å². The molecule has 0 amide bonds. The van der Waals surface area contributed by atoms with Crippen LogP contribution in [0.1, 0.15) is 5.56 Å². The molecule has 0 spiro atoms. The summed E-state index contributed by atoms with van der Waals surface area (Å²) in [5.74, 6) is 0.730. The van der Waals surface area contributed by atoms with E-state index >= 15 is 0 Å². The zero-order valence-electron chi connectivity index (χ0n) is 11.7. The van der Waals surface area contributed by atoms with Gasteiger partial charge in [-0.05, 0) is 36.9 Å². The molecule has 0 atom stereocenters. The molecule has 0 aliphatic carbocycles. The molecule has 0 saturated heterocycles. The molecule has 0 aromatic heterocycles. The fourth-order valence-electron chi connectivity index (χ4n) is 1.84. The molecule has 2 aromatic rings. The molecule has 2 aromatic carbocycles. The summed E-state index contributed by atoms with van der Waals surface area (Å²) >= 11 is 5.60. The van der Waals surface area contributed by atoms with E-state index in [2.05, 4.69) is 5.32 Å². The maximum atomic E-state index is 13.2. The average molecular weight is 310 g/mol. The Labute approximate surface area is 128 Å². The lowest BCUT2D eigenvalue weighted by Gasteiger charge is -2.10. The van der Waals surface area contributed by atoms with E-state index in [-0.39, 0.29) is 5.02 Å². The fraction of sp³-hybridized carbons (Fsp3) is 0.250. The molecular weight excluding hydrogens is 293 g/mol. The van der Waals surface area contributed by atoms with Crippen LogP contribution in [0.5, 0.6) is 11.5 Å². The maximum absolute atomic E-state index is 13.2. The predicted octanol–water partition coefficient (Wildman–Crippen LogP) is 3.66. The first-order valence-corrected chi connectivity index (χ1v) is 7.01. The Hall–Kier alpha value is -1.78. The van der Waals surface area contributed by atoms with Crippen LogP contribution in [-0.4, -0.2) is 20.3 Å². The Morgan fingerprint density at radius 2 is 1.76 bits per heavy atom. The van der Waals surface area contributed by atoms with E-state index in [0.717, 1.165) is 17.9 Å². The van der Waals surface area contributed by atoms with Gasteiger partial charge >= 0.3 is 0 Å². The van der Waals surface area contributed by atoms with Crippen molar-refractivity contribution in [2.45, 2.75) is 6.54 Å². The molecule has 0 radical (unpaired) electrons. The van der Waals surface area contributed by atoms with E-state index in [1.165, 1.54) is 12.1 Å². The van der Waals surface area contributed by atoms with Gasteiger partial charge < -0.3 is 14.8 Å². The highest BCUT2D eigenvalue weighted by Crippen LogP contribution is 2.20. The van der Waals surface area contributed by atoms with Gasteiger partial charge in [0.05, 0.1) is 5.02 Å². The number of rotatable bonds is 7. The molecule has 0 fully saturated rings. The van der Waals surface area contributed by atoms with E-state index in [1.807, 2.05) is 31.3 Å². The van der Waals surface area contributed by atoms with Gasteiger partial charge in [-0.1, -0.05) is 23.7 Å². The van der Waals surface area contributed by atoms with Crippen LogP contribution in [0.4, 0.5) is 4.39 Å². The van der Waals surface area contributed by atoms with E-state index < -0.39 is 5.82 Å². The smallest absolute Gasteiger partial charge is 0.145 e. The molecule has 0 saturated carbocycles. The number of hydrogen-bond donors (Lipinski definition) is 1. The van der Waals surface area contributed by atoms with Gasteiger partial charge in [0.1, 0.15) is 30.5 Å². The molecular formula is C16H17ClFNO2. The summed E-state index contributed by atoms with van der Waals surface area (Å²) < 4.78 is 24.2. The van der Waals surface area contributed by atoms with Crippen LogP contribution in [0.25, 0.3) is 0 Å². The second kappa shape index (κ2) is 7.86. The Bertz CT molecular complexity index is 592. The topological polar surface area (TPSA) is 30.5 Å². The summed E-state index contributed by atoms with van der Waals surface area (Å²) in [5, 5.41) is 3.17. The Kier molecular flexibility index (Phi) is 5.84. The quantitative estimate of drug-likeness (QED) is 0.792. The summed E-state index contributed by atoms with van der Waals surface area (Å²) in [6, 6.07) is 12.2. The van der Waals surface area contributed by atoms with Gasteiger partial charge in [0.15, 0.2) is 0 Å². The number of nitrogens with one attached hydrogen (secondary N) is 1. The molecule has 0 heterocycles. The summed E-state index contributed by atoms with van der Waals surface area (Å²) in [6.45, 7) is 1.50. The third-order valence-electron chi connectivity index (χ3n) is 2.79. The highest BCUT2D eigenvalue weighted by Gasteiger charge is 2.02. The average Bonchev–Trinajstić information content (AvgIpc) is 2.48. The van der Waals surface area contributed by atoms with Crippen molar-refractivity contribution >= 4 is 11.6 Å². The van der Waals surface area contributed by atoms with Crippen LogP contribution in [0.2, 0.25) is 5.02 Å². The largest absolute Gasteiger partial charge is 0.490 e. The van der Waals surface area contributed by atoms with Crippen molar-refractivity contribution in [2.75, 3.05) is 20.3 Å². The monoisotopic (exact) mass is 309 g/mol. The van der Waals surface area contributed by atoms with Gasteiger partial charge in [-0.3, -0.25) is 0 Å². The molecule has 0 bridgehead atoms. The van der Waals surface area contributed by atoms with Crippen LogP contribution in [0.15, 0.2) is 42.5 Å². The Morgan fingerprint density at radius 3 is 2.43 bits per heavy atom. The molecule has 0 aliphatic rings. The van der Waals surface area contributed by atoms with Crippen LogP contribution >= 0.6 is 11.6 Å². The van der Waals surface area contributed by atoms with Crippen molar-refractivity contribution in [3.63, 3.8) is 0 Å². The Balaban J connectivity index is 1.79. The first-order chi connectivity index (χ1) is 10.2. The second-order valence-corrected chi connectivity index (χ2v) is 4.86. The second-order valence-electron chi connectivity index (χ2n) is 4.45. The maximum Gasteiger partial charge on any atom is 0.145 e. The van der Waals surface area contributed by atoms with Crippen LogP contribution < -0.4 is 14.8 Å². The van der Waals surface area contributed by atoms with Crippen molar-refractivity contribution in [1.29, 1.82) is 0 Å². The summed E-state index contributed by atoms with van der Waals surface area (Å²) in [6.07, 6.45) is 0. The van der Waals surface area contributed by atoms with Crippen LogP contribution in [0, 0.1) is 5.82 Å². The van der Waals surface area contributed by atoms with Crippen molar-refractivity contribution in [2.24, 2.45) is 0 Å². The fourth-order valence-corrected chi connectivity index (χ4v) is 1.95. The van der Waals surface area contributed by atoms with Gasteiger partial charge in [-0.15, -0.1) is 0 Å². The first kappa shape index (κ1) is 15.6. The molecule has 1 N–H and O–H groups in total. The minimum atomic E-state index is -0.491. The molecule has 0 aliphatic heterocycles. The third kappa shape index (κ3) is 4.92. The molecule has 0 unspecified atom stereocenters. The summed E-state index contributed by atoms with van der Waals surface area (Å²) in [4.78, 5) is 0. The van der Waals surface area contributed by atoms with E-state index in [9.17, 15) is 4.39 Å². The first-order valence-electron chi connectivity index (χ1n) is 6.63. The van der Waals surface area contributed by atoms with Crippen molar-refractivity contribution < 1.29 is 13.9 Å². The van der Waals surface area contributed by atoms with Crippen molar-refractivity contribution in [3.8, 4) is 11.5 Å². The molecule has 5 heteroatoms.